The number of carboxylic acid groups (broad SMARTS) is 1. The maximum atomic E-state index is 12.9. The third-order valence-electron chi connectivity index (χ3n) is 7.94. The van der Waals surface area contributed by atoms with E-state index in [-0.39, 0.29) is 43.8 Å². The second-order valence-electron chi connectivity index (χ2n) is 12.5. The van der Waals surface area contributed by atoms with E-state index in [4.69, 9.17) is 9.84 Å². The van der Waals surface area contributed by atoms with E-state index >= 15 is 0 Å². The number of aliphatic carboxylic acids is 1. The maximum absolute atomic E-state index is 12.9. The van der Waals surface area contributed by atoms with Crippen molar-refractivity contribution >= 4 is 41.2 Å². The Morgan fingerprint density at radius 3 is 2.38 bits per heavy atom. The predicted octanol–water partition coefficient (Wildman–Crippen LogP) is 4.22. The van der Waals surface area contributed by atoms with Gasteiger partial charge in [0.1, 0.15) is 5.75 Å². The lowest BCUT2D eigenvalue weighted by Crippen LogP contribution is -2.47. The Balaban J connectivity index is 1.43. The summed E-state index contributed by atoms with van der Waals surface area (Å²) < 4.78 is 5.47. The summed E-state index contributed by atoms with van der Waals surface area (Å²) in [6.07, 6.45) is 2.46. The Bertz CT molecular complexity index is 1410. The van der Waals surface area contributed by atoms with Gasteiger partial charge in [0.2, 0.25) is 11.8 Å². The monoisotopic (exact) mass is 652 g/mol. The van der Waals surface area contributed by atoms with Crippen LogP contribution in [0.4, 0.5) is 21.0 Å². The molecule has 1 heterocycles. The van der Waals surface area contributed by atoms with Crippen LogP contribution in [0.2, 0.25) is 0 Å². The molecule has 1 saturated heterocycles. The lowest BCUT2D eigenvalue weighted by Gasteiger charge is -2.29. The van der Waals surface area contributed by atoms with Gasteiger partial charge < -0.3 is 40.9 Å². The number of rotatable bonds is 17. The number of benzene rings is 2. The molecule has 13 nitrogen and oxygen atoms in total. The number of nitrogens with one attached hydrogen (secondary N) is 4. The number of ether oxygens (including phenoxy) is 1. The molecule has 0 aliphatic carbocycles. The summed E-state index contributed by atoms with van der Waals surface area (Å²) >= 11 is 0. The number of anilines is 2. The first-order chi connectivity index (χ1) is 22.4. The van der Waals surface area contributed by atoms with Crippen LogP contribution in [0.15, 0.2) is 42.5 Å². The van der Waals surface area contributed by atoms with E-state index in [2.05, 4.69) is 21.3 Å². The molecular weight excluding hydrogens is 604 g/mol. The SMILES string of the molecule is COc1cc(CCC(=O)NCC(C)(C)CNC(=O)N(CCCN2CCCC2=O)CCC(=O)O)ccc1NC(=O)Nc1ccccc1C. The fraction of sp³-hybridized carbons (Fsp3) is 0.500. The highest BCUT2D eigenvalue weighted by Gasteiger charge is 2.24. The molecule has 5 N–H and O–H groups in total. The molecule has 2 aromatic rings. The Kier molecular flexibility index (Phi) is 13.9. The summed E-state index contributed by atoms with van der Waals surface area (Å²) in [5, 5.41) is 20.6. The number of aryl methyl sites for hydroxylation is 2. The highest BCUT2D eigenvalue weighted by atomic mass is 16.5. The number of methoxy groups -OCH3 is 1. The predicted molar refractivity (Wildman–Crippen MR) is 180 cm³/mol. The molecule has 0 unspecified atom stereocenters. The highest BCUT2D eigenvalue weighted by molar-refractivity contribution is 6.01. The van der Waals surface area contributed by atoms with Crippen molar-refractivity contribution in [3.8, 4) is 5.75 Å². The molecular formula is C34H48N6O7. The smallest absolute Gasteiger partial charge is 0.323 e. The van der Waals surface area contributed by atoms with Crippen LogP contribution < -0.4 is 26.0 Å². The van der Waals surface area contributed by atoms with Gasteiger partial charge >= 0.3 is 18.0 Å². The van der Waals surface area contributed by atoms with Crippen LogP contribution in [0.1, 0.15) is 57.1 Å². The lowest BCUT2D eigenvalue weighted by molar-refractivity contribution is -0.137. The molecule has 2 aromatic carbocycles. The Hall–Kier alpha value is -4.81. The lowest BCUT2D eigenvalue weighted by atomic mass is 9.93. The van der Waals surface area contributed by atoms with Gasteiger partial charge in [0.05, 0.1) is 19.2 Å². The van der Waals surface area contributed by atoms with Crippen LogP contribution in [-0.2, 0) is 20.8 Å². The summed E-state index contributed by atoms with van der Waals surface area (Å²) in [6, 6.07) is 12.0. The standard InChI is InChI=1S/C34H48N6O7/c1-24-9-5-6-10-26(24)37-32(45)38-27-14-12-25(21-28(27)47-4)13-15-29(41)35-22-34(2,3)23-36-33(46)40(20-16-31(43)44)19-8-18-39-17-7-11-30(39)42/h5-6,9-10,12,14,21H,7-8,11,13,15-20,22-23H2,1-4H3,(H,35,41)(H,36,46)(H,43,44)(H2,37,38,45). The largest absolute Gasteiger partial charge is 0.495 e. The number of nitrogens with zero attached hydrogens (tertiary/aromatic N) is 2. The second-order valence-corrected chi connectivity index (χ2v) is 12.5. The average Bonchev–Trinajstić information content (AvgIpc) is 3.45. The van der Waals surface area contributed by atoms with Crippen molar-refractivity contribution in [2.24, 2.45) is 5.41 Å². The van der Waals surface area contributed by atoms with Crippen LogP contribution in [0.25, 0.3) is 0 Å². The van der Waals surface area contributed by atoms with Gasteiger partial charge in [-0.1, -0.05) is 38.1 Å². The van der Waals surface area contributed by atoms with E-state index in [1.54, 1.807) is 17.0 Å². The fourth-order valence-corrected chi connectivity index (χ4v) is 5.10. The second kappa shape index (κ2) is 17.8. The number of carboxylic acids is 1. The topological polar surface area (TPSA) is 169 Å². The normalized spacial score (nSPS) is 12.8. The van der Waals surface area contributed by atoms with E-state index in [1.807, 2.05) is 51.1 Å². The number of carbonyl (C=O) groups excluding carboxylic acids is 4. The Labute approximate surface area is 276 Å². The van der Waals surface area contributed by atoms with Gasteiger partial charge in [-0.2, -0.15) is 0 Å². The van der Waals surface area contributed by atoms with Gasteiger partial charge in [0, 0.05) is 57.8 Å². The van der Waals surface area contributed by atoms with Crippen LogP contribution in [0.5, 0.6) is 5.75 Å². The summed E-state index contributed by atoms with van der Waals surface area (Å²) in [6.45, 7) is 7.98. The first-order valence-electron chi connectivity index (χ1n) is 16.0. The molecule has 0 radical (unpaired) electrons. The molecule has 6 amide bonds. The third kappa shape index (κ3) is 12.5. The molecule has 47 heavy (non-hydrogen) atoms. The zero-order valence-electron chi connectivity index (χ0n) is 27.8. The quantitative estimate of drug-likeness (QED) is 0.170. The number of urea groups is 2. The molecule has 0 bridgehead atoms. The van der Waals surface area contributed by atoms with E-state index in [9.17, 15) is 24.0 Å². The number of carbonyl (C=O) groups is 5. The molecule has 0 spiro atoms. The number of amides is 6. The minimum Gasteiger partial charge on any atom is -0.495 e. The maximum Gasteiger partial charge on any atom is 0.323 e. The molecule has 0 saturated carbocycles. The summed E-state index contributed by atoms with van der Waals surface area (Å²) in [4.78, 5) is 64.4. The fourth-order valence-electron chi connectivity index (χ4n) is 5.10. The zero-order valence-corrected chi connectivity index (χ0v) is 27.8. The zero-order chi connectivity index (χ0) is 34.4. The third-order valence-corrected chi connectivity index (χ3v) is 7.94. The average molecular weight is 653 g/mol. The van der Waals surface area contributed by atoms with Crippen molar-refractivity contribution in [1.82, 2.24) is 20.4 Å². The van der Waals surface area contributed by atoms with Crippen molar-refractivity contribution in [1.29, 1.82) is 0 Å². The Morgan fingerprint density at radius 2 is 1.70 bits per heavy atom. The first kappa shape index (κ1) is 36.7. The van der Waals surface area contributed by atoms with E-state index in [0.29, 0.717) is 62.6 Å². The van der Waals surface area contributed by atoms with Crippen molar-refractivity contribution in [2.45, 2.75) is 59.3 Å². The summed E-state index contributed by atoms with van der Waals surface area (Å²) in [5.41, 5.74) is 2.54. The van der Waals surface area contributed by atoms with Gasteiger partial charge in [-0.3, -0.25) is 14.4 Å². The summed E-state index contributed by atoms with van der Waals surface area (Å²) in [5.74, 6) is -0.557. The first-order valence-corrected chi connectivity index (χ1v) is 16.0. The Morgan fingerprint density at radius 1 is 0.979 bits per heavy atom. The van der Waals surface area contributed by atoms with Gasteiger partial charge in [-0.25, -0.2) is 9.59 Å². The number of hydrogen-bond donors (Lipinski definition) is 5. The van der Waals surface area contributed by atoms with Crippen LogP contribution >= 0.6 is 0 Å². The number of hydrogen-bond acceptors (Lipinski definition) is 6. The minimum absolute atomic E-state index is 0.0642. The molecule has 1 fully saturated rings. The molecule has 256 valence electrons. The van der Waals surface area contributed by atoms with Gasteiger partial charge in [-0.05, 0) is 60.9 Å². The van der Waals surface area contributed by atoms with Crippen LogP contribution in [0.3, 0.4) is 0 Å². The van der Waals surface area contributed by atoms with Crippen molar-refractivity contribution in [3.05, 3.63) is 53.6 Å². The van der Waals surface area contributed by atoms with Gasteiger partial charge in [0.25, 0.3) is 0 Å². The van der Waals surface area contributed by atoms with Crippen molar-refractivity contribution < 1.29 is 33.8 Å². The van der Waals surface area contributed by atoms with E-state index < -0.39 is 17.4 Å². The number of likely N-dealkylation sites (tertiary alicyclic amines) is 1. The van der Waals surface area contributed by atoms with Crippen molar-refractivity contribution in [3.63, 3.8) is 0 Å². The van der Waals surface area contributed by atoms with Crippen LogP contribution in [-0.4, -0.2) is 91.1 Å². The highest BCUT2D eigenvalue weighted by Crippen LogP contribution is 2.27. The van der Waals surface area contributed by atoms with Crippen molar-refractivity contribution in [2.75, 3.05) is 57.0 Å². The molecule has 3 rings (SSSR count). The number of para-hydroxylation sites is 1. The molecule has 13 heteroatoms. The van der Waals surface area contributed by atoms with Crippen LogP contribution in [0, 0.1) is 12.3 Å². The van der Waals surface area contributed by atoms with Gasteiger partial charge in [-0.15, -0.1) is 0 Å². The van der Waals surface area contributed by atoms with E-state index in [1.165, 1.54) is 12.0 Å². The minimum atomic E-state index is -0.993. The summed E-state index contributed by atoms with van der Waals surface area (Å²) in [7, 11) is 1.51. The molecule has 1 aliphatic rings. The van der Waals surface area contributed by atoms with Gasteiger partial charge in [0.15, 0.2) is 0 Å². The molecule has 0 aromatic heterocycles. The molecule has 1 aliphatic heterocycles. The molecule has 0 atom stereocenters. The van der Waals surface area contributed by atoms with E-state index in [0.717, 1.165) is 17.5 Å².